The predicted molar refractivity (Wildman–Crippen MR) is 125 cm³/mol. The lowest BCUT2D eigenvalue weighted by molar-refractivity contribution is -0.120. The van der Waals surface area contributed by atoms with E-state index in [2.05, 4.69) is 15.3 Å². The molecule has 0 fully saturated rings. The number of fused-ring (bicyclic) bond motifs is 1. The molecule has 32 heavy (non-hydrogen) atoms. The highest BCUT2D eigenvalue weighted by Gasteiger charge is 2.26. The number of carbonyl (C=O) groups excluding carboxylic acids is 1. The van der Waals surface area contributed by atoms with Gasteiger partial charge >= 0.3 is 7.75 Å². The van der Waals surface area contributed by atoms with Gasteiger partial charge in [0.1, 0.15) is 23.0 Å². The Hall–Kier alpha value is -3.10. The zero-order valence-corrected chi connectivity index (χ0v) is 18.8. The summed E-state index contributed by atoms with van der Waals surface area (Å²) in [6.07, 6.45) is 1.62. The zero-order chi connectivity index (χ0) is 22.7. The van der Waals surface area contributed by atoms with Crippen LogP contribution in [0.15, 0.2) is 67.0 Å². The van der Waals surface area contributed by atoms with Crippen molar-refractivity contribution in [2.75, 3.05) is 5.32 Å². The van der Waals surface area contributed by atoms with Crippen molar-refractivity contribution >= 4 is 41.0 Å². The minimum Gasteiger partial charge on any atom is -0.357 e. The Morgan fingerprint density at radius 1 is 1.09 bits per heavy atom. The minimum atomic E-state index is -4.74. The molecule has 4 rings (SSSR count). The molecule has 4 N–H and O–H groups in total. The lowest BCUT2D eigenvalue weighted by Gasteiger charge is -2.19. The topological polar surface area (TPSA) is 124 Å². The number of carbonyl (C=O) groups is 1. The van der Waals surface area contributed by atoms with Crippen LogP contribution in [0, 0.1) is 6.92 Å². The van der Waals surface area contributed by atoms with E-state index in [1.54, 1.807) is 5.09 Å². The fraction of sp³-hybridized carbons (Fsp3) is 0.136. The first-order chi connectivity index (χ1) is 15.3. The van der Waals surface area contributed by atoms with Gasteiger partial charge in [-0.3, -0.25) is 9.88 Å². The van der Waals surface area contributed by atoms with Crippen molar-refractivity contribution in [3.05, 3.63) is 78.1 Å². The van der Waals surface area contributed by atoms with Gasteiger partial charge in [0.25, 0.3) is 5.91 Å². The molecular weight excluding hydrogens is 447 g/mol. The van der Waals surface area contributed by atoms with Crippen LogP contribution in [0.5, 0.6) is 0 Å². The van der Waals surface area contributed by atoms with E-state index >= 15 is 0 Å². The predicted octanol–water partition coefficient (Wildman–Crippen LogP) is 3.90. The first-order valence-electron chi connectivity index (χ1n) is 9.78. The molecule has 0 bridgehead atoms. The highest BCUT2D eigenvalue weighted by atomic mass is 32.1. The number of hydrogen-bond acceptors (Lipinski definition) is 6. The monoisotopic (exact) mass is 468 g/mol. The van der Waals surface area contributed by atoms with Crippen LogP contribution in [0.3, 0.4) is 0 Å². The van der Waals surface area contributed by atoms with Gasteiger partial charge < -0.3 is 15.1 Å². The van der Waals surface area contributed by atoms with Crippen molar-refractivity contribution in [1.29, 1.82) is 0 Å². The average Bonchev–Trinajstić information content (AvgIpc) is 3.18. The molecule has 1 atom stereocenters. The van der Waals surface area contributed by atoms with Gasteiger partial charge in [-0.25, -0.2) is 14.5 Å². The number of benzene rings is 2. The van der Waals surface area contributed by atoms with E-state index in [-0.39, 0.29) is 6.42 Å². The first-order valence-corrected chi connectivity index (χ1v) is 12.2. The van der Waals surface area contributed by atoms with Crippen molar-refractivity contribution in [3.8, 4) is 10.4 Å². The summed E-state index contributed by atoms with van der Waals surface area (Å²) in [6, 6.07) is 18.3. The molecule has 0 unspecified atom stereocenters. The third-order valence-electron chi connectivity index (χ3n) is 4.83. The third kappa shape index (κ3) is 5.38. The second-order valence-electron chi connectivity index (χ2n) is 7.32. The maximum absolute atomic E-state index is 12.7. The van der Waals surface area contributed by atoms with E-state index in [1.807, 2.05) is 67.6 Å². The number of nitrogens with one attached hydrogen (secondary N) is 2. The summed E-state index contributed by atoms with van der Waals surface area (Å²) in [7, 11) is -4.74. The van der Waals surface area contributed by atoms with E-state index < -0.39 is 19.7 Å². The van der Waals surface area contributed by atoms with Crippen molar-refractivity contribution < 1.29 is 19.1 Å². The third-order valence-corrected chi connectivity index (χ3v) is 6.44. The van der Waals surface area contributed by atoms with Gasteiger partial charge in [0, 0.05) is 11.3 Å². The molecule has 2 heterocycles. The highest BCUT2D eigenvalue weighted by molar-refractivity contribution is 7.50. The van der Waals surface area contributed by atoms with Crippen molar-refractivity contribution in [1.82, 2.24) is 15.1 Å². The van der Waals surface area contributed by atoms with E-state index in [0.29, 0.717) is 5.82 Å². The van der Waals surface area contributed by atoms with Gasteiger partial charge in [0.05, 0.1) is 5.39 Å². The molecule has 2 aromatic heterocycles. The second kappa shape index (κ2) is 9.18. The molecule has 2 aromatic carbocycles. The largest absolute Gasteiger partial charge is 0.429 e. The minimum absolute atomic E-state index is 0.215. The Kier molecular flexibility index (Phi) is 6.34. The summed E-state index contributed by atoms with van der Waals surface area (Å²) in [5.41, 5.74) is 3.04. The highest BCUT2D eigenvalue weighted by Crippen LogP contribution is 2.35. The molecule has 10 heteroatoms. The Morgan fingerprint density at radius 3 is 2.50 bits per heavy atom. The molecule has 1 amide bonds. The zero-order valence-electron chi connectivity index (χ0n) is 17.1. The van der Waals surface area contributed by atoms with Crippen LogP contribution in [0.2, 0.25) is 0 Å². The summed E-state index contributed by atoms with van der Waals surface area (Å²) in [5.74, 6) is -0.394. The molecular formula is C22H21N4O4PS. The Balaban J connectivity index is 1.67. The number of amides is 1. The number of anilines is 1. The summed E-state index contributed by atoms with van der Waals surface area (Å²) < 4.78 is 11.4. The molecule has 164 valence electrons. The summed E-state index contributed by atoms with van der Waals surface area (Å²) >= 11 is 1.50. The van der Waals surface area contributed by atoms with Crippen LogP contribution in [0.1, 0.15) is 11.1 Å². The van der Waals surface area contributed by atoms with E-state index in [4.69, 9.17) is 0 Å². The van der Waals surface area contributed by atoms with E-state index in [9.17, 15) is 19.1 Å². The lowest BCUT2D eigenvalue weighted by atomic mass is 10.1. The fourth-order valence-corrected chi connectivity index (χ4v) is 4.72. The number of nitrogens with zero attached hydrogens (tertiary/aromatic N) is 2. The first kappa shape index (κ1) is 22.1. The molecule has 0 aliphatic carbocycles. The van der Waals surface area contributed by atoms with Gasteiger partial charge in [0.15, 0.2) is 0 Å². The molecule has 0 saturated heterocycles. The van der Waals surface area contributed by atoms with Crippen molar-refractivity contribution in [3.63, 3.8) is 0 Å². The van der Waals surface area contributed by atoms with Crippen LogP contribution in [-0.2, 0) is 15.8 Å². The van der Waals surface area contributed by atoms with Gasteiger partial charge in [-0.15, -0.1) is 11.3 Å². The number of aromatic nitrogens is 2. The standard InChI is InChI=1S/C22H21N4O4PS/c1-14-7-9-16(10-8-14)19-12-17-20(23-13-24-22(17)32-19)25-18(21(27)26-31(28,29)30)11-15-5-3-2-4-6-15/h2-10,12-13,18H,11H2,1H3,(H,23,24,25)(H3,26,27,28,29,30)/t18-/m0/s1. The normalized spacial score (nSPS) is 12.5. The molecule has 0 aliphatic rings. The van der Waals surface area contributed by atoms with Crippen LogP contribution < -0.4 is 10.4 Å². The Labute approximate surface area is 188 Å². The molecule has 0 saturated carbocycles. The number of hydrogen-bond donors (Lipinski definition) is 4. The average molecular weight is 468 g/mol. The Morgan fingerprint density at radius 2 is 1.81 bits per heavy atom. The lowest BCUT2D eigenvalue weighted by Crippen LogP contribution is -2.40. The van der Waals surface area contributed by atoms with E-state index in [0.717, 1.165) is 31.8 Å². The number of thiophene rings is 1. The molecule has 4 aromatic rings. The molecule has 0 aliphatic heterocycles. The van der Waals surface area contributed by atoms with Gasteiger partial charge in [-0.1, -0.05) is 60.2 Å². The van der Waals surface area contributed by atoms with Crippen molar-refractivity contribution in [2.45, 2.75) is 19.4 Å². The SMILES string of the molecule is Cc1ccc(-c2cc3c(N[C@@H](Cc4ccccc4)C(=O)NP(=O)(O)O)ncnc3s2)cc1. The summed E-state index contributed by atoms with van der Waals surface area (Å²) in [5, 5.41) is 5.57. The summed E-state index contributed by atoms with van der Waals surface area (Å²) in [4.78, 5) is 41.5. The van der Waals surface area contributed by atoms with Gasteiger partial charge in [0.2, 0.25) is 0 Å². The molecule has 0 radical (unpaired) electrons. The Bertz CT molecular complexity index is 1290. The van der Waals surface area contributed by atoms with Crippen LogP contribution in [0.4, 0.5) is 5.82 Å². The van der Waals surface area contributed by atoms with Crippen LogP contribution in [-0.4, -0.2) is 31.7 Å². The quantitative estimate of drug-likeness (QED) is 0.303. The van der Waals surface area contributed by atoms with Crippen molar-refractivity contribution in [2.24, 2.45) is 0 Å². The number of rotatable bonds is 7. The maximum Gasteiger partial charge on any atom is 0.429 e. The van der Waals surface area contributed by atoms with E-state index in [1.165, 1.54) is 17.7 Å². The fourth-order valence-electron chi connectivity index (χ4n) is 3.28. The molecule has 0 spiro atoms. The summed E-state index contributed by atoms with van der Waals surface area (Å²) in [6.45, 7) is 2.03. The maximum atomic E-state index is 12.7. The molecule has 8 nitrogen and oxygen atoms in total. The van der Waals surface area contributed by atoms with Gasteiger partial charge in [-0.2, -0.15) is 0 Å². The number of aryl methyl sites for hydroxylation is 1. The smallest absolute Gasteiger partial charge is 0.357 e. The van der Waals surface area contributed by atoms with Crippen LogP contribution in [0.25, 0.3) is 20.7 Å². The second-order valence-corrected chi connectivity index (χ2v) is 9.67. The van der Waals surface area contributed by atoms with Crippen LogP contribution >= 0.6 is 19.1 Å². The van der Waals surface area contributed by atoms with Gasteiger partial charge in [-0.05, 0) is 24.1 Å².